The smallest absolute Gasteiger partial charge is 0.336 e. The van der Waals surface area contributed by atoms with Crippen LogP contribution in [0.2, 0.25) is 0 Å². The van der Waals surface area contributed by atoms with Gasteiger partial charge in [-0.2, -0.15) is 5.10 Å². The van der Waals surface area contributed by atoms with E-state index in [1.807, 2.05) is 42.5 Å². The quantitative estimate of drug-likeness (QED) is 0.178. The summed E-state index contributed by atoms with van der Waals surface area (Å²) < 4.78 is 0. The first-order chi connectivity index (χ1) is 15.0. The molecule has 0 aromatic heterocycles. The number of anilines is 1. The summed E-state index contributed by atoms with van der Waals surface area (Å²) >= 11 is 5.22. The number of carboxylic acids is 1. The summed E-state index contributed by atoms with van der Waals surface area (Å²) in [6, 6.07) is 19.6. The van der Waals surface area contributed by atoms with Gasteiger partial charge in [0.2, 0.25) is 0 Å². The van der Waals surface area contributed by atoms with E-state index in [0.717, 1.165) is 41.6 Å². The summed E-state index contributed by atoms with van der Waals surface area (Å²) in [4.78, 5) is 11.7. The van der Waals surface area contributed by atoms with Gasteiger partial charge in [0.1, 0.15) is 0 Å². The second-order valence-corrected chi connectivity index (χ2v) is 8.08. The number of aryl methyl sites for hydroxylation is 1. The van der Waals surface area contributed by atoms with Crippen LogP contribution < -0.4 is 10.7 Å². The van der Waals surface area contributed by atoms with E-state index in [9.17, 15) is 9.90 Å². The number of hydrazone groups is 1. The average molecular weight is 434 g/mol. The summed E-state index contributed by atoms with van der Waals surface area (Å²) in [5.41, 5.74) is 8.13. The molecular weight excluding hydrogens is 406 g/mol. The standard InChI is InChI=1S/C25H27N3O2S/c1-17(2)18-11-13-21-19(16-23(24(29)30)22(21)14-12-18)8-6-7-15-26-28-25(31)27-20-9-4-3-5-10-20/h3-5,9-17H,6-8H2,1-2H3,(H,29,30)(H2,27,28,31)/b26-15+. The third-order valence-corrected chi connectivity index (χ3v) is 5.29. The SMILES string of the molecule is CC(C)c1ccc2c(CCC/C=N/NC(=S)Nc3ccccc3)cc(C(=O)O)c-2cc1. The van der Waals surface area contributed by atoms with E-state index >= 15 is 0 Å². The molecule has 2 aliphatic rings. The lowest BCUT2D eigenvalue weighted by atomic mass is 10.0. The molecule has 0 saturated heterocycles. The van der Waals surface area contributed by atoms with Crippen LogP contribution in [-0.2, 0) is 6.42 Å². The second-order valence-electron chi connectivity index (χ2n) is 7.67. The second kappa shape index (κ2) is 10.7. The molecule has 0 unspecified atom stereocenters. The van der Waals surface area contributed by atoms with Crippen LogP contribution in [0.4, 0.5) is 5.69 Å². The summed E-state index contributed by atoms with van der Waals surface area (Å²) in [7, 11) is 0. The van der Waals surface area contributed by atoms with Gasteiger partial charge in [-0.05, 0) is 77.9 Å². The highest BCUT2D eigenvalue weighted by Gasteiger charge is 2.19. The number of nitrogens with zero attached hydrogens (tertiary/aromatic N) is 1. The van der Waals surface area contributed by atoms with Gasteiger partial charge in [0.05, 0.1) is 5.56 Å². The number of para-hydroxylation sites is 1. The molecule has 0 bridgehead atoms. The van der Waals surface area contributed by atoms with E-state index in [1.54, 1.807) is 12.3 Å². The third kappa shape index (κ3) is 6.12. The lowest BCUT2D eigenvalue weighted by Crippen LogP contribution is -2.23. The highest BCUT2D eigenvalue weighted by atomic mass is 32.1. The van der Waals surface area contributed by atoms with Gasteiger partial charge in [-0.25, -0.2) is 4.79 Å². The highest BCUT2D eigenvalue weighted by molar-refractivity contribution is 7.80. The zero-order valence-corrected chi connectivity index (χ0v) is 18.6. The zero-order chi connectivity index (χ0) is 22.2. The van der Waals surface area contributed by atoms with Crippen molar-refractivity contribution in [3.63, 3.8) is 0 Å². The molecule has 0 heterocycles. The van der Waals surface area contributed by atoms with E-state index in [4.69, 9.17) is 12.2 Å². The number of carbonyl (C=O) groups is 1. The van der Waals surface area contributed by atoms with Gasteiger partial charge in [0.15, 0.2) is 5.11 Å². The molecule has 31 heavy (non-hydrogen) atoms. The number of hydrogen-bond acceptors (Lipinski definition) is 3. The Morgan fingerprint density at radius 3 is 2.48 bits per heavy atom. The maximum atomic E-state index is 11.7. The summed E-state index contributed by atoms with van der Waals surface area (Å²) in [6.45, 7) is 4.26. The molecule has 1 aromatic rings. The number of thiocarbonyl (C=S) groups is 1. The fourth-order valence-corrected chi connectivity index (χ4v) is 3.61. The van der Waals surface area contributed by atoms with Crippen molar-refractivity contribution in [2.45, 2.75) is 39.0 Å². The van der Waals surface area contributed by atoms with Crippen molar-refractivity contribution in [3.8, 4) is 11.1 Å². The minimum Gasteiger partial charge on any atom is -0.478 e. The Morgan fingerprint density at radius 1 is 1.10 bits per heavy atom. The molecule has 0 fully saturated rings. The third-order valence-electron chi connectivity index (χ3n) is 5.10. The van der Waals surface area contributed by atoms with E-state index < -0.39 is 5.97 Å². The van der Waals surface area contributed by atoms with E-state index in [2.05, 4.69) is 41.8 Å². The molecule has 1 aromatic carbocycles. The number of nitrogens with one attached hydrogen (secondary N) is 2. The lowest BCUT2D eigenvalue weighted by Gasteiger charge is -2.06. The molecule has 6 heteroatoms. The predicted molar refractivity (Wildman–Crippen MR) is 131 cm³/mol. The molecular formula is C25H27N3O2S. The Hall–Kier alpha value is -3.25. The molecule has 0 saturated carbocycles. The van der Waals surface area contributed by atoms with Gasteiger partial charge in [-0.1, -0.05) is 56.3 Å². The van der Waals surface area contributed by atoms with Crippen molar-refractivity contribution in [3.05, 3.63) is 77.4 Å². The molecule has 3 N–H and O–H groups in total. The van der Waals surface area contributed by atoms with Gasteiger partial charge in [-0.3, -0.25) is 5.43 Å². The van der Waals surface area contributed by atoms with Crippen molar-refractivity contribution >= 4 is 35.2 Å². The van der Waals surface area contributed by atoms with Crippen molar-refractivity contribution in [1.29, 1.82) is 0 Å². The molecule has 0 amide bonds. The fourth-order valence-electron chi connectivity index (χ4n) is 3.44. The Morgan fingerprint density at radius 2 is 1.81 bits per heavy atom. The van der Waals surface area contributed by atoms with Gasteiger partial charge >= 0.3 is 5.97 Å². The van der Waals surface area contributed by atoms with E-state index in [-0.39, 0.29) is 0 Å². The van der Waals surface area contributed by atoms with Gasteiger partial charge < -0.3 is 10.4 Å². The first-order valence-electron chi connectivity index (χ1n) is 10.4. The number of rotatable bonds is 8. The van der Waals surface area contributed by atoms with Crippen molar-refractivity contribution in [1.82, 2.24) is 5.43 Å². The summed E-state index contributed by atoms with van der Waals surface area (Å²) in [6.07, 6.45) is 4.19. The van der Waals surface area contributed by atoms with Crippen LogP contribution in [0.15, 0.2) is 65.8 Å². The van der Waals surface area contributed by atoms with Crippen molar-refractivity contribution < 1.29 is 9.90 Å². The largest absolute Gasteiger partial charge is 0.478 e. The zero-order valence-electron chi connectivity index (χ0n) is 17.8. The molecule has 5 nitrogen and oxygen atoms in total. The van der Waals surface area contributed by atoms with Gasteiger partial charge in [0, 0.05) is 11.9 Å². The molecule has 3 rings (SSSR count). The first kappa shape index (κ1) is 22.4. The molecule has 0 spiro atoms. The van der Waals surface area contributed by atoms with E-state index in [0.29, 0.717) is 16.6 Å². The number of unbranched alkanes of at least 4 members (excludes halogenated alkanes) is 1. The van der Waals surface area contributed by atoms with Crippen LogP contribution in [0.5, 0.6) is 0 Å². The number of hydrogen-bond donors (Lipinski definition) is 3. The monoisotopic (exact) mass is 433 g/mol. The van der Waals surface area contributed by atoms with Crippen LogP contribution >= 0.6 is 12.2 Å². The fraction of sp³-hybridized carbons (Fsp3) is 0.240. The molecule has 2 aliphatic carbocycles. The minimum absolute atomic E-state index is 0.364. The number of fused-ring (bicyclic) bond motifs is 1. The Kier molecular flexibility index (Phi) is 7.73. The maximum absolute atomic E-state index is 11.7. The Labute approximate surface area is 188 Å². The molecule has 0 radical (unpaired) electrons. The van der Waals surface area contributed by atoms with E-state index in [1.165, 1.54) is 5.56 Å². The van der Waals surface area contributed by atoms with Crippen LogP contribution in [0.3, 0.4) is 0 Å². The Bertz CT molecular complexity index is 1050. The summed E-state index contributed by atoms with van der Waals surface area (Å²) in [5, 5.41) is 17.3. The van der Waals surface area contributed by atoms with Crippen LogP contribution in [0.25, 0.3) is 11.1 Å². The van der Waals surface area contributed by atoms with Crippen LogP contribution in [0, 0.1) is 0 Å². The molecule has 160 valence electrons. The molecule has 0 atom stereocenters. The first-order valence-corrected chi connectivity index (χ1v) is 10.8. The average Bonchev–Trinajstić information content (AvgIpc) is 2.93. The number of carboxylic acid groups (broad SMARTS) is 1. The van der Waals surface area contributed by atoms with Crippen molar-refractivity contribution in [2.75, 3.05) is 5.32 Å². The van der Waals surface area contributed by atoms with Crippen molar-refractivity contribution in [2.24, 2.45) is 5.10 Å². The van der Waals surface area contributed by atoms with Gasteiger partial charge in [-0.15, -0.1) is 0 Å². The Balaban J connectivity index is 1.57. The summed E-state index contributed by atoms with van der Waals surface area (Å²) in [5.74, 6) is -0.502. The van der Waals surface area contributed by atoms with Crippen LogP contribution in [-0.4, -0.2) is 22.4 Å². The highest BCUT2D eigenvalue weighted by Crippen LogP contribution is 2.34. The topological polar surface area (TPSA) is 73.7 Å². The number of benzene rings is 1. The van der Waals surface area contributed by atoms with Crippen LogP contribution in [0.1, 0.15) is 54.1 Å². The van der Waals surface area contributed by atoms with Gasteiger partial charge in [0.25, 0.3) is 0 Å². The normalized spacial score (nSPS) is 11.2. The minimum atomic E-state index is -0.890. The predicted octanol–water partition coefficient (Wildman–Crippen LogP) is 5.91. The maximum Gasteiger partial charge on any atom is 0.336 e. The number of aromatic carboxylic acids is 1. The molecule has 0 aliphatic heterocycles. The lowest BCUT2D eigenvalue weighted by molar-refractivity contribution is 0.0698.